The number of aliphatic carboxylic acids is 1. The highest BCUT2D eigenvalue weighted by Crippen LogP contribution is 2.42. The van der Waals surface area contributed by atoms with Gasteiger partial charge in [0.05, 0.1) is 16.6 Å². The molecular formula is C29H24ClF3N2O6. The lowest BCUT2D eigenvalue weighted by Gasteiger charge is -2.16. The number of carboxylic acids is 1. The Morgan fingerprint density at radius 3 is 2.56 bits per heavy atom. The summed E-state index contributed by atoms with van der Waals surface area (Å²) in [6.45, 7) is 5.13. The Hall–Kier alpha value is -4.38. The second-order valence-corrected chi connectivity index (χ2v) is 9.78. The molecule has 0 fully saturated rings. The van der Waals surface area contributed by atoms with Gasteiger partial charge in [-0.15, -0.1) is 13.2 Å². The van der Waals surface area contributed by atoms with Crippen LogP contribution in [0.5, 0.6) is 23.0 Å². The summed E-state index contributed by atoms with van der Waals surface area (Å²) in [5, 5.41) is 14.9. The fourth-order valence-electron chi connectivity index (χ4n) is 4.57. The van der Waals surface area contributed by atoms with E-state index in [1.807, 2.05) is 6.92 Å². The normalized spacial score (nSPS) is 12.6. The van der Waals surface area contributed by atoms with Crippen molar-refractivity contribution in [2.24, 2.45) is 0 Å². The van der Waals surface area contributed by atoms with E-state index in [1.165, 1.54) is 25.1 Å². The number of benzene rings is 3. The van der Waals surface area contributed by atoms with Crippen LogP contribution < -0.4 is 14.2 Å². The van der Waals surface area contributed by atoms with Gasteiger partial charge in [-0.1, -0.05) is 36.2 Å². The molecule has 2 aromatic heterocycles. The summed E-state index contributed by atoms with van der Waals surface area (Å²) in [6, 6.07) is 13.9. The molecule has 8 nitrogen and oxygen atoms in total. The lowest BCUT2D eigenvalue weighted by atomic mass is 10.1. The lowest BCUT2D eigenvalue weighted by Crippen LogP contribution is -2.23. The molecule has 0 radical (unpaired) electrons. The highest BCUT2D eigenvalue weighted by molar-refractivity contribution is 6.31. The molecule has 214 valence electrons. The van der Waals surface area contributed by atoms with Gasteiger partial charge in [0.15, 0.2) is 23.3 Å². The maximum atomic E-state index is 13.1. The van der Waals surface area contributed by atoms with Crippen molar-refractivity contribution in [1.29, 1.82) is 0 Å². The van der Waals surface area contributed by atoms with Crippen LogP contribution >= 0.6 is 11.6 Å². The summed E-state index contributed by atoms with van der Waals surface area (Å²) in [6.07, 6.45) is -4.57. The molecule has 1 N–H and O–H groups in total. The van der Waals surface area contributed by atoms with Gasteiger partial charge in [-0.3, -0.25) is 4.57 Å². The zero-order valence-corrected chi connectivity index (χ0v) is 22.8. The molecule has 0 saturated heterocycles. The fraction of sp³-hybridized carbons (Fsp3) is 0.241. The quantitative estimate of drug-likeness (QED) is 0.185. The number of carbonyl (C=O) groups is 1. The molecule has 0 saturated carbocycles. The molecule has 0 amide bonds. The smallest absolute Gasteiger partial charge is 0.479 e. The van der Waals surface area contributed by atoms with Gasteiger partial charge in [0.25, 0.3) is 0 Å². The minimum absolute atomic E-state index is 0.234. The molecule has 0 spiro atoms. The minimum Gasteiger partial charge on any atom is -0.479 e. The molecule has 0 aliphatic rings. The van der Waals surface area contributed by atoms with Crippen LogP contribution in [0.4, 0.5) is 13.2 Å². The average Bonchev–Trinajstić information content (AvgIpc) is 3.42. The highest BCUT2D eigenvalue weighted by Gasteiger charge is 2.32. The van der Waals surface area contributed by atoms with Gasteiger partial charge in [-0.2, -0.15) is 0 Å². The van der Waals surface area contributed by atoms with Gasteiger partial charge in [-0.05, 0) is 62.2 Å². The molecule has 41 heavy (non-hydrogen) atoms. The Balaban J connectivity index is 1.66. The summed E-state index contributed by atoms with van der Waals surface area (Å²) >= 11 is 6.09. The number of ether oxygens (including phenoxy) is 3. The van der Waals surface area contributed by atoms with Crippen LogP contribution in [0.1, 0.15) is 31.5 Å². The third kappa shape index (κ3) is 5.76. The van der Waals surface area contributed by atoms with Crippen molar-refractivity contribution in [3.05, 3.63) is 70.9 Å². The van der Waals surface area contributed by atoms with Crippen molar-refractivity contribution in [2.75, 3.05) is 0 Å². The van der Waals surface area contributed by atoms with E-state index in [0.717, 1.165) is 12.0 Å². The van der Waals surface area contributed by atoms with E-state index >= 15 is 0 Å². The molecule has 0 bridgehead atoms. The van der Waals surface area contributed by atoms with Crippen molar-refractivity contribution in [3.63, 3.8) is 0 Å². The van der Waals surface area contributed by atoms with Crippen LogP contribution in [-0.2, 0) is 11.2 Å². The number of fused-ring (bicyclic) bond motifs is 2. The van der Waals surface area contributed by atoms with Crippen LogP contribution in [0.3, 0.4) is 0 Å². The third-order valence-electron chi connectivity index (χ3n) is 6.41. The van der Waals surface area contributed by atoms with Crippen molar-refractivity contribution in [2.45, 2.75) is 46.1 Å². The summed E-state index contributed by atoms with van der Waals surface area (Å²) in [4.78, 5) is 11.4. The van der Waals surface area contributed by atoms with E-state index < -0.39 is 24.2 Å². The number of carboxylic acid groups (broad SMARTS) is 1. The first-order chi connectivity index (χ1) is 19.4. The standard InChI is InChI=1S/C29H24ClF3N2O6/c1-4-5-17-6-8-19(14-24(17)38-16(3)28(36)37)39-26-15(2)35(27-21-10-7-18(30)12-25(21)41-34-27)23-11-9-20(13-22(23)26)40-29(31,32)33/h6-14,16H,4-5H2,1-3H3,(H,36,37)/t16-/m0/s1. The van der Waals surface area contributed by atoms with Gasteiger partial charge in [0.1, 0.15) is 17.2 Å². The molecule has 12 heteroatoms. The Kier molecular flexibility index (Phi) is 7.48. The largest absolute Gasteiger partial charge is 0.573 e. The Bertz CT molecular complexity index is 1760. The van der Waals surface area contributed by atoms with Crippen molar-refractivity contribution in [1.82, 2.24) is 9.72 Å². The molecule has 2 heterocycles. The van der Waals surface area contributed by atoms with Crippen molar-refractivity contribution in [3.8, 4) is 28.8 Å². The number of aryl methyl sites for hydroxylation is 1. The van der Waals surface area contributed by atoms with E-state index in [1.54, 1.807) is 47.9 Å². The maximum absolute atomic E-state index is 13.1. The molecule has 1 atom stereocenters. The summed E-state index contributed by atoms with van der Waals surface area (Å²) in [5.74, 6) is -0.314. The van der Waals surface area contributed by atoms with Crippen LogP contribution in [0.15, 0.2) is 59.1 Å². The van der Waals surface area contributed by atoms with Crippen LogP contribution in [0.25, 0.3) is 27.7 Å². The first kappa shape index (κ1) is 28.2. The monoisotopic (exact) mass is 588 g/mol. The fourth-order valence-corrected chi connectivity index (χ4v) is 4.73. The first-order valence-corrected chi connectivity index (χ1v) is 13.0. The third-order valence-corrected chi connectivity index (χ3v) is 6.64. The number of nitrogens with zero attached hydrogens (tertiary/aromatic N) is 2. The van der Waals surface area contributed by atoms with Gasteiger partial charge in [0.2, 0.25) is 0 Å². The van der Waals surface area contributed by atoms with Crippen molar-refractivity contribution < 1.29 is 41.8 Å². The zero-order valence-electron chi connectivity index (χ0n) is 22.1. The van der Waals surface area contributed by atoms with E-state index in [2.05, 4.69) is 9.89 Å². The van der Waals surface area contributed by atoms with Crippen molar-refractivity contribution >= 4 is 39.4 Å². The number of aromatic nitrogens is 2. The molecule has 3 aromatic carbocycles. The molecule has 5 aromatic rings. The van der Waals surface area contributed by atoms with Gasteiger partial charge in [-0.25, -0.2) is 4.79 Å². The summed E-state index contributed by atoms with van der Waals surface area (Å²) in [7, 11) is 0. The second-order valence-electron chi connectivity index (χ2n) is 9.34. The van der Waals surface area contributed by atoms with Crippen LogP contribution in [0, 0.1) is 6.92 Å². The SMILES string of the molecule is CCCc1ccc(Oc2c(C)n(-c3noc4cc(Cl)ccc34)c3ccc(OC(F)(F)F)cc23)cc1O[C@@H](C)C(=O)O. The number of hydrogen-bond acceptors (Lipinski definition) is 6. The highest BCUT2D eigenvalue weighted by atomic mass is 35.5. The van der Waals surface area contributed by atoms with Gasteiger partial charge >= 0.3 is 12.3 Å². The molecular weight excluding hydrogens is 565 g/mol. The Morgan fingerprint density at radius 2 is 1.85 bits per heavy atom. The summed E-state index contributed by atoms with van der Waals surface area (Å²) in [5.41, 5.74) is 2.21. The predicted octanol–water partition coefficient (Wildman–Crippen LogP) is 8.23. The van der Waals surface area contributed by atoms with E-state index in [-0.39, 0.29) is 5.75 Å². The van der Waals surface area contributed by atoms with Crippen LogP contribution in [-0.4, -0.2) is 33.3 Å². The molecule has 0 aliphatic carbocycles. The minimum atomic E-state index is -4.89. The number of alkyl halides is 3. The van der Waals surface area contributed by atoms with Gasteiger partial charge in [0, 0.05) is 22.5 Å². The number of rotatable bonds is 9. The Morgan fingerprint density at radius 1 is 1.10 bits per heavy atom. The zero-order chi connectivity index (χ0) is 29.5. The average molecular weight is 589 g/mol. The second kappa shape index (κ2) is 10.9. The molecule has 0 aliphatic heterocycles. The topological polar surface area (TPSA) is 96.0 Å². The maximum Gasteiger partial charge on any atom is 0.573 e. The number of halogens is 4. The van der Waals surface area contributed by atoms with E-state index in [0.29, 0.717) is 56.3 Å². The lowest BCUT2D eigenvalue weighted by molar-refractivity contribution is -0.274. The predicted molar refractivity (Wildman–Crippen MR) is 146 cm³/mol. The molecule has 0 unspecified atom stereocenters. The van der Waals surface area contributed by atoms with E-state index in [4.69, 9.17) is 25.6 Å². The van der Waals surface area contributed by atoms with Gasteiger partial charge < -0.3 is 23.8 Å². The number of hydrogen-bond donors (Lipinski definition) is 1. The Labute approximate surface area is 236 Å². The van der Waals surface area contributed by atoms with E-state index in [9.17, 15) is 23.1 Å². The summed E-state index contributed by atoms with van der Waals surface area (Å²) < 4.78 is 62.5. The first-order valence-electron chi connectivity index (χ1n) is 12.6. The van der Waals surface area contributed by atoms with Crippen LogP contribution in [0.2, 0.25) is 5.02 Å². The molecule has 5 rings (SSSR count).